The Balaban J connectivity index is 3.37. The van der Waals surface area contributed by atoms with Gasteiger partial charge in [0.15, 0.2) is 8.32 Å². The van der Waals surface area contributed by atoms with Crippen molar-refractivity contribution in [2.75, 3.05) is 6.61 Å². The molecule has 0 saturated carbocycles. The van der Waals surface area contributed by atoms with Crippen LogP contribution in [0.1, 0.15) is 131 Å². The standard InChI is InChI=1S/C25H54OSi/c1-8-9-10-11-12-13-14-15-16-17-18-19-20-21-22-24(2)23-26-27(6,7)25(3,4)5/h24H,8-23H2,1-7H3. The van der Waals surface area contributed by atoms with Gasteiger partial charge in [-0.15, -0.1) is 0 Å². The molecule has 0 rings (SSSR count). The summed E-state index contributed by atoms with van der Waals surface area (Å²) >= 11 is 0. The van der Waals surface area contributed by atoms with Crippen LogP contribution in [-0.2, 0) is 4.43 Å². The smallest absolute Gasteiger partial charge is 0.191 e. The lowest BCUT2D eigenvalue weighted by Crippen LogP contribution is -2.41. The highest BCUT2D eigenvalue weighted by atomic mass is 28.4. The molecular weight excluding hydrogens is 344 g/mol. The van der Waals surface area contributed by atoms with Crippen LogP contribution in [-0.4, -0.2) is 14.9 Å². The second-order valence-corrected chi connectivity index (χ2v) is 15.4. The van der Waals surface area contributed by atoms with Crippen molar-refractivity contribution in [3.05, 3.63) is 0 Å². The average molecular weight is 399 g/mol. The summed E-state index contributed by atoms with van der Waals surface area (Å²) in [5.41, 5.74) is 0. The van der Waals surface area contributed by atoms with Crippen LogP contribution in [0.2, 0.25) is 18.1 Å². The van der Waals surface area contributed by atoms with Gasteiger partial charge in [-0.05, 0) is 30.5 Å². The van der Waals surface area contributed by atoms with Crippen LogP contribution in [0.5, 0.6) is 0 Å². The Morgan fingerprint density at radius 2 is 1.04 bits per heavy atom. The van der Waals surface area contributed by atoms with Gasteiger partial charge in [-0.2, -0.15) is 0 Å². The molecule has 27 heavy (non-hydrogen) atoms. The maximum Gasteiger partial charge on any atom is 0.191 e. The van der Waals surface area contributed by atoms with Crippen molar-refractivity contribution in [1.82, 2.24) is 0 Å². The molecule has 0 aliphatic heterocycles. The molecule has 0 N–H and O–H groups in total. The fourth-order valence-electron chi connectivity index (χ4n) is 3.34. The van der Waals surface area contributed by atoms with Gasteiger partial charge in [-0.3, -0.25) is 0 Å². The summed E-state index contributed by atoms with van der Waals surface area (Å²) in [6.45, 7) is 17.4. The van der Waals surface area contributed by atoms with Crippen molar-refractivity contribution in [2.45, 2.75) is 149 Å². The predicted octanol–water partition coefficient (Wildman–Crippen LogP) is 9.52. The van der Waals surface area contributed by atoms with Gasteiger partial charge in [-0.1, -0.05) is 125 Å². The molecule has 0 spiro atoms. The first-order valence-corrected chi connectivity index (χ1v) is 15.3. The molecular formula is C25H54OSi. The van der Waals surface area contributed by atoms with E-state index in [4.69, 9.17) is 4.43 Å². The molecule has 0 bridgehead atoms. The minimum atomic E-state index is -1.56. The monoisotopic (exact) mass is 398 g/mol. The Kier molecular flexibility index (Phi) is 16.1. The van der Waals surface area contributed by atoms with E-state index in [2.05, 4.69) is 47.7 Å². The normalized spacial score (nSPS) is 13.9. The highest BCUT2D eigenvalue weighted by Crippen LogP contribution is 2.36. The summed E-state index contributed by atoms with van der Waals surface area (Å²) in [7, 11) is -1.56. The maximum atomic E-state index is 6.36. The largest absolute Gasteiger partial charge is 0.417 e. The quantitative estimate of drug-likeness (QED) is 0.165. The highest BCUT2D eigenvalue weighted by molar-refractivity contribution is 6.74. The molecule has 1 nitrogen and oxygen atoms in total. The first-order chi connectivity index (χ1) is 12.7. The molecule has 0 radical (unpaired) electrons. The summed E-state index contributed by atoms with van der Waals surface area (Å²) < 4.78 is 6.36. The summed E-state index contributed by atoms with van der Waals surface area (Å²) in [6.07, 6.45) is 21.6. The van der Waals surface area contributed by atoms with Gasteiger partial charge in [0.05, 0.1) is 0 Å². The van der Waals surface area contributed by atoms with Crippen LogP contribution in [0.3, 0.4) is 0 Å². The zero-order chi connectivity index (χ0) is 20.6. The Hall–Kier alpha value is 0.177. The molecule has 0 aromatic rings. The molecule has 0 saturated heterocycles. The molecule has 0 amide bonds. The van der Waals surface area contributed by atoms with Crippen molar-refractivity contribution >= 4 is 8.32 Å². The molecule has 1 atom stereocenters. The first-order valence-electron chi connectivity index (χ1n) is 12.3. The molecule has 0 heterocycles. The number of unbranched alkanes of at least 4 members (excludes halogenated alkanes) is 13. The van der Waals surface area contributed by atoms with E-state index in [9.17, 15) is 0 Å². The van der Waals surface area contributed by atoms with Crippen LogP contribution in [0, 0.1) is 5.92 Å². The average Bonchev–Trinajstić information content (AvgIpc) is 2.59. The minimum Gasteiger partial charge on any atom is -0.417 e. The molecule has 0 aliphatic carbocycles. The van der Waals surface area contributed by atoms with E-state index in [1.807, 2.05) is 0 Å². The third-order valence-corrected chi connectivity index (χ3v) is 11.1. The summed E-state index contributed by atoms with van der Waals surface area (Å²) in [5.74, 6) is 0.719. The Morgan fingerprint density at radius 3 is 1.41 bits per heavy atom. The van der Waals surface area contributed by atoms with E-state index in [-0.39, 0.29) is 0 Å². The highest BCUT2D eigenvalue weighted by Gasteiger charge is 2.37. The third-order valence-electron chi connectivity index (χ3n) is 6.59. The zero-order valence-corrected chi connectivity index (χ0v) is 21.3. The van der Waals surface area contributed by atoms with Crippen LogP contribution in [0.4, 0.5) is 0 Å². The van der Waals surface area contributed by atoms with Crippen LogP contribution >= 0.6 is 0 Å². The van der Waals surface area contributed by atoms with Gasteiger partial charge >= 0.3 is 0 Å². The van der Waals surface area contributed by atoms with E-state index >= 15 is 0 Å². The molecule has 164 valence electrons. The van der Waals surface area contributed by atoms with Gasteiger partial charge in [0, 0.05) is 6.61 Å². The van der Waals surface area contributed by atoms with E-state index in [1.54, 1.807) is 0 Å². The lowest BCUT2D eigenvalue weighted by molar-refractivity contribution is 0.228. The van der Waals surface area contributed by atoms with Crippen LogP contribution in [0.25, 0.3) is 0 Å². The van der Waals surface area contributed by atoms with E-state index in [0.29, 0.717) is 5.04 Å². The predicted molar refractivity (Wildman–Crippen MR) is 127 cm³/mol. The van der Waals surface area contributed by atoms with E-state index in [1.165, 1.54) is 96.3 Å². The number of rotatable bonds is 18. The van der Waals surface area contributed by atoms with Crippen LogP contribution in [0.15, 0.2) is 0 Å². The van der Waals surface area contributed by atoms with Crippen molar-refractivity contribution < 1.29 is 4.43 Å². The Labute approximate surface area is 174 Å². The van der Waals surface area contributed by atoms with Crippen LogP contribution < -0.4 is 0 Å². The van der Waals surface area contributed by atoms with Crippen molar-refractivity contribution in [1.29, 1.82) is 0 Å². The molecule has 1 unspecified atom stereocenters. The molecule has 0 aromatic carbocycles. The maximum absolute atomic E-state index is 6.36. The van der Waals surface area contributed by atoms with Gasteiger partial charge in [0.2, 0.25) is 0 Å². The fourth-order valence-corrected chi connectivity index (χ4v) is 4.47. The fraction of sp³-hybridized carbons (Fsp3) is 1.00. The molecule has 2 heteroatoms. The minimum absolute atomic E-state index is 0.335. The lowest BCUT2D eigenvalue weighted by atomic mass is 10.0. The van der Waals surface area contributed by atoms with Gasteiger partial charge < -0.3 is 4.43 Å². The number of hydrogen-bond donors (Lipinski definition) is 0. The molecule has 0 aliphatic rings. The van der Waals surface area contributed by atoms with Crippen molar-refractivity contribution in [3.63, 3.8) is 0 Å². The van der Waals surface area contributed by atoms with E-state index in [0.717, 1.165) is 12.5 Å². The molecule has 0 aromatic heterocycles. The SMILES string of the molecule is CCCCCCCCCCCCCCCCC(C)CO[Si](C)(C)C(C)(C)C. The Morgan fingerprint density at radius 1 is 0.667 bits per heavy atom. The zero-order valence-electron chi connectivity index (χ0n) is 20.3. The third kappa shape index (κ3) is 15.7. The van der Waals surface area contributed by atoms with Gasteiger partial charge in [0.25, 0.3) is 0 Å². The van der Waals surface area contributed by atoms with E-state index < -0.39 is 8.32 Å². The lowest BCUT2D eigenvalue weighted by Gasteiger charge is -2.37. The second-order valence-electron chi connectivity index (χ2n) is 10.6. The first kappa shape index (κ1) is 27.2. The van der Waals surface area contributed by atoms with Crippen molar-refractivity contribution in [3.8, 4) is 0 Å². The second kappa shape index (κ2) is 16.0. The summed E-state index contributed by atoms with van der Waals surface area (Å²) in [6, 6.07) is 0. The van der Waals surface area contributed by atoms with Gasteiger partial charge in [0.1, 0.15) is 0 Å². The topological polar surface area (TPSA) is 9.23 Å². The number of hydrogen-bond acceptors (Lipinski definition) is 1. The van der Waals surface area contributed by atoms with Crippen molar-refractivity contribution in [2.24, 2.45) is 5.92 Å². The molecule has 0 fully saturated rings. The Bertz CT molecular complexity index is 319. The van der Waals surface area contributed by atoms with Gasteiger partial charge in [-0.25, -0.2) is 0 Å². The summed E-state index contributed by atoms with van der Waals surface area (Å²) in [4.78, 5) is 0. The summed E-state index contributed by atoms with van der Waals surface area (Å²) in [5, 5.41) is 0.335.